The van der Waals surface area contributed by atoms with Gasteiger partial charge in [-0.15, -0.1) is 0 Å². The van der Waals surface area contributed by atoms with Crippen LogP contribution in [-0.2, 0) is 32.1 Å². The summed E-state index contributed by atoms with van der Waals surface area (Å²) in [5.41, 5.74) is 7.80. The van der Waals surface area contributed by atoms with Crippen LogP contribution in [0.3, 0.4) is 0 Å². The van der Waals surface area contributed by atoms with Crippen molar-refractivity contribution in [2.45, 2.75) is 291 Å². The highest BCUT2D eigenvalue weighted by molar-refractivity contribution is 5.56. The second-order valence-electron chi connectivity index (χ2n) is 17.1. The number of aromatic hydroxyl groups is 1. The van der Waals surface area contributed by atoms with E-state index in [1.165, 1.54) is 255 Å². The summed E-state index contributed by atoms with van der Waals surface area (Å²) in [6.07, 6.45) is 53.4. The van der Waals surface area contributed by atoms with Crippen LogP contribution in [-0.4, -0.2) is 5.11 Å². The van der Waals surface area contributed by atoms with E-state index in [-0.39, 0.29) is 0 Å². The highest BCUT2D eigenvalue weighted by atomic mass is 16.3. The van der Waals surface area contributed by atoms with Crippen molar-refractivity contribution in [3.05, 3.63) is 27.8 Å². The Bertz CT molecular complexity index is 838. The summed E-state index contributed by atoms with van der Waals surface area (Å²) in [5, 5.41) is 12.4. The number of hydrogen-bond donors (Lipinski definition) is 1. The Morgan fingerprint density at radius 3 is 0.577 bits per heavy atom. The first kappa shape index (κ1) is 49.0. The van der Waals surface area contributed by atoms with Gasteiger partial charge in [0.1, 0.15) is 5.75 Å². The first-order chi connectivity index (χ1) is 25.7. The molecule has 0 fully saturated rings. The van der Waals surface area contributed by atoms with Crippen LogP contribution in [0.15, 0.2) is 0 Å². The Kier molecular flexibility index (Phi) is 34.9. The summed E-state index contributed by atoms with van der Waals surface area (Å²) >= 11 is 0. The Morgan fingerprint density at radius 1 is 0.212 bits per heavy atom. The van der Waals surface area contributed by atoms with E-state index in [1.807, 2.05) is 0 Å². The van der Waals surface area contributed by atoms with E-state index in [0.29, 0.717) is 0 Å². The minimum absolute atomic E-state index is 0.760. The molecule has 1 rings (SSSR count). The zero-order chi connectivity index (χ0) is 37.7. The molecule has 0 saturated heterocycles. The quantitative estimate of drug-likeness (QED) is 0.0668. The van der Waals surface area contributed by atoms with Crippen molar-refractivity contribution in [3.8, 4) is 5.75 Å². The topological polar surface area (TPSA) is 20.2 Å². The first-order valence-electron chi connectivity index (χ1n) is 24.5. The standard InChI is InChI=1S/C51H96O/c1-6-11-16-21-26-31-36-41-46-47(42-37-32-27-22-17-12-7-2)49(44-39-34-29-24-19-14-9-4)51(52)50(45-40-35-30-25-20-15-10-5)48(46)43-38-33-28-23-18-13-8-3/h52H,6-45H2,1-5H3. The van der Waals surface area contributed by atoms with Crippen molar-refractivity contribution in [1.82, 2.24) is 0 Å². The molecule has 0 amide bonds. The Morgan fingerprint density at radius 2 is 0.365 bits per heavy atom. The maximum absolute atomic E-state index is 12.4. The van der Waals surface area contributed by atoms with Gasteiger partial charge in [-0.2, -0.15) is 0 Å². The lowest BCUT2D eigenvalue weighted by molar-refractivity contribution is 0.452. The molecule has 52 heavy (non-hydrogen) atoms. The fourth-order valence-corrected chi connectivity index (χ4v) is 8.75. The van der Waals surface area contributed by atoms with Gasteiger partial charge in [0.05, 0.1) is 0 Å². The monoisotopic (exact) mass is 725 g/mol. The van der Waals surface area contributed by atoms with Crippen LogP contribution < -0.4 is 0 Å². The molecule has 1 nitrogen and oxygen atoms in total. The van der Waals surface area contributed by atoms with E-state index in [9.17, 15) is 5.11 Å². The number of phenolic OH excluding ortho intramolecular Hbond substituents is 1. The van der Waals surface area contributed by atoms with E-state index in [0.717, 1.165) is 18.6 Å². The van der Waals surface area contributed by atoms with Gasteiger partial charge in [-0.3, -0.25) is 0 Å². The van der Waals surface area contributed by atoms with Crippen LogP contribution in [0.2, 0.25) is 0 Å². The van der Waals surface area contributed by atoms with E-state index < -0.39 is 0 Å². The van der Waals surface area contributed by atoms with Crippen molar-refractivity contribution in [2.75, 3.05) is 0 Å². The van der Waals surface area contributed by atoms with E-state index in [1.54, 1.807) is 16.7 Å². The van der Waals surface area contributed by atoms with Crippen LogP contribution in [0.25, 0.3) is 0 Å². The van der Waals surface area contributed by atoms with Crippen LogP contribution in [0.1, 0.15) is 287 Å². The minimum Gasteiger partial charge on any atom is -0.507 e. The van der Waals surface area contributed by atoms with Gasteiger partial charge in [-0.25, -0.2) is 0 Å². The summed E-state index contributed by atoms with van der Waals surface area (Å²) < 4.78 is 0. The van der Waals surface area contributed by atoms with Crippen molar-refractivity contribution in [1.29, 1.82) is 0 Å². The van der Waals surface area contributed by atoms with Gasteiger partial charge >= 0.3 is 0 Å². The number of hydrogen-bond acceptors (Lipinski definition) is 1. The smallest absolute Gasteiger partial charge is 0.122 e. The molecule has 306 valence electrons. The predicted octanol–water partition coefficient (Wildman–Crippen LogP) is 17.9. The van der Waals surface area contributed by atoms with Crippen LogP contribution >= 0.6 is 0 Å². The fourth-order valence-electron chi connectivity index (χ4n) is 8.75. The average Bonchev–Trinajstić information content (AvgIpc) is 3.15. The third kappa shape index (κ3) is 24.4. The molecule has 1 N–H and O–H groups in total. The van der Waals surface area contributed by atoms with Crippen molar-refractivity contribution < 1.29 is 5.11 Å². The van der Waals surface area contributed by atoms with Gasteiger partial charge in [0.2, 0.25) is 0 Å². The summed E-state index contributed by atoms with van der Waals surface area (Å²) in [6, 6.07) is 0. The highest BCUT2D eigenvalue weighted by Crippen LogP contribution is 2.39. The molecule has 0 atom stereocenters. The lowest BCUT2D eigenvalue weighted by Crippen LogP contribution is -2.11. The third-order valence-electron chi connectivity index (χ3n) is 12.2. The number of phenols is 1. The normalized spacial score (nSPS) is 11.6. The zero-order valence-corrected chi connectivity index (χ0v) is 36.7. The van der Waals surface area contributed by atoms with E-state index in [2.05, 4.69) is 34.6 Å². The largest absolute Gasteiger partial charge is 0.507 e. The molecule has 0 aromatic heterocycles. The van der Waals surface area contributed by atoms with Crippen molar-refractivity contribution >= 4 is 0 Å². The number of unbranched alkanes of at least 4 members (excludes halogenated alkanes) is 30. The zero-order valence-electron chi connectivity index (χ0n) is 36.7. The van der Waals surface area contributed by atoms with E-state index in [4.69, 9.17) is 0 Å². The molecule has 0 radical (unpaired) electrons. The highest BCUT2D eigenvalue weighted by Gasteiger charge is 2.23. The molecular formula is C51H96O. The van der Waals surface area contributed by atoms with Gasteiger partial charge in [0.25, 0.3) is 0 Å². The Labute approximate surface area is 329 Å². The Hall–Kier alpha value is -0.980. The lowest BCUT2D eigenvalue weighted by atomic mass is 9.80. The van der Waals surface area contributed by atoms with E-state index >= 15 is 0 Å². The van der Waals surface area contributed by atoms with Crippen molar-refractivity contribution in [3.63, 3.8) is 0 Å². The third-order valence-corrected chi connectivity index (χ3v) is 12.2. The molecule has 1 aromatic rings. The first-order valence-corrected chi connectivity index (χ1v) is 24.5. The molecule has 1 heteroatoms. The lowest BCUT2D eigenvalue weighted by Gasteiger charge is -2.25. The maximum atomic E-state index is 12.4. The van der Waals surface area contributed by atoms with Gasteiger partial charge in [0, 0.05) is 0 Å². The average molecular weight is 725 g/mol. The SMILES string of the molecule is CCCCCCCCCc1c(O)c(CCCCCCCCC)c(CCCCCCCCC)c(CCCCCCCCC)c1CCCCCCCCC. The van der Waals surface area contributed by atoms with Crippen LogP contribution in [0, 0.1) is 0 Å². The molecule has 0 aliphatic heterocycles. The van der Waals surface area contributed by atoms with Gasteiger partial charge in [-0.1, -0.05) is 227 Å². The molecular weight excluding hydrogens is 629 g/mol. The van der Waals surface area contributed by atoms with Gasteiger partial charge < -0.3 is 5.11 Å². The summed E-state index contributed by atoms with van der Waals surface area (Å²) in [4.78, 5) is 0. The second kappa shape index (κ2) is 37.0. The summed E-state index contributed by atoms with van der Waals surface area (Å²) in [6.45, 7) is 11.6. The molecule has 0 unspecified atom stereocenters. The van der Waals surface area contributed by atoms with Crippen molar-refractivity contribution in [2.24, 2.45) is 0 Å². The fraction of sp³-hybridized carbons (Fsp3) is 0.882. The molecule has 0 aliphatic carbocycles. The molecule has 0 aliphatic rings. The van der Waals surface area contributed by atoms with Gasteiger partial charge in [0.15, 0.2) is 0 Å². The number of benzene rings is 1. The second-order valence-corrected chi connectivity index (χ2v) is 17.1. The van der Waals surface area contributed by atoms with Crippen LogP contribution in [0.5, 0.6) is 5.75 Å². The molecule has 1 aromatic carbocycles. The maximum Gasteiger partial charge on any atom is 0.122 e. The predicted molar refractivity (Wildman–Crippen MR) is 237 cm³/mol. The Balaban J connectivity index is 3.40. The summed E-state index contributed by atoms with van der Waals surface area (Å²) in [7, 11) is 0. The molecule has 0 saturated carbocycles. The summed E-state index contributed by atoms with van der Waals surface area (Å²) in [5.74, 6) is 0.760. The molecule has 0 heterocycles. The molecule has 0 bridgehead atoms. The van der Waals surface area contributed by atoms with Gasteiger partial charge in [-0.05, 0) is 92.0 Å². The number of rotatable bonds is 40. The molecule has 0 spiro atoms. The van der Waals surface area contributed by atoms with Crippen LogP contribution in [0.4, 0.5) is 0 Å². The minimum atomic E-state index is 0.760.